The highest BCUT2D eigenvalue weighted by molar-refractivity contribution is 7.87. The third kappa shape index (κ3) is 17.0. The Hall–Kier alpha value is -1.93. The molecule has 0 heterocycles. The lowest BCUT2D eigenvalue weighted by Crippen LogP contribution is -2.34. The maximum absolute atomic E-state index is 11.6. The average molecular weight is 445 g/mol. The van der Waals surface area contributed by atoms with Crippen molar-refractivity contribution in [3.05, 3.63) is 36.4 Å². The summed E-state index contributed by atoms with van der Waals surface area (Å²) in [6.07, 6.45) is 10.1. The second-order valence-electron chi connectivity index (χ2n) is 7.11. The van der Waals surface area contributed by atoms with Gasteiger partial charge in [-0.1, -0.05) is 101 Å². The van der Waals surface area contributed by atoms with Gasteiger partial charge in [-0.25, -0.2) is 0 Å². The summed E-state index contributed by atoms with van der Waals surface area (Å²) in [4.78, 5) is 22.1. The standard InChI is InChI=1S/C16H30O7S.C6H6/c1-2-3-4-5-6-7-8-9-10-11-12-23-16(19)14(13-15(17)18)24(20,21)22;1-2-4-6-5-3-1/h14H,2-13H2,1H3,(H,17,18)(H,20,21,22);1-6H. The summed E-state index contributed by atoms with van der Waals surface area (Å²) in [7, 11) is -4.78. The van der Waals surface area contributed by atoms with Crippen molar-refractivity contribution >= 4 is 22.1 Å². The first-order valence-corrected chi connectivity index (χ1v) is 12.1. The Morgan fingerprint density at radius 3 is 1.57 bits per heavy atom. The van der Waals surface area contributed by atoms with Crippen molar-refractivity contribution in [2.24, 2.45) is 0 Å². The molecule has 8 heteroatoms. The Labute approximate surface area is 180 Å². The van der Waals surface area contributed by atoms with Crippen LogP contribution in [0.3, 0.4) is 0 Å². The van der Waals surface area contributed by atoms with Crippen molar-refractivity contribution in [2.75, 3.05) is 6.61 Å². The molecule has 2 N–H and O–H groups in total. The van der Waals surface area contributed by atoms with Gasteiger partial charge in [0, 0.05) is 0 Å². The van der Waals surface area contributed by atoms with Crippen molar-refractivity contribution in [1.29, 1.82) is 0 Å². The first kappa shape index (κ1) is 28.1. The zero-order chi connectivity index (χ0) is 22.7. The molecular formula is C22H36O7S. The SMILES string of the molecule is CCCCCCCCCCCCOC(=O)C(CC(=O)O)S(=O)(=O)O.c1ccccc1. The van der Waals surface area contributed by atoms with Crippen LogP contribution in [0.2, 0.25) is 0 Å². The van der Waals surface area contributed by atoms with Crippen molar-refractivity contribution < 1.29 is 32.4 Å². The molecule has 1 rings (SSSR count). The number of carbonyl (C=O) groups is 2. The van der Waals surface area contributed by atoms with E-state index in [0.717, 1.165) is 19.3 Å². The van der Waals surface area contributed by atoms with Gasteiger partial charge in [-0.15, -0.1) is 0 Å². The molecule has 0 amide bonds. The maximum Gasteiger partial charge on any atom is 0.327 e. The second kappa shape index (κ2) is 17.9. The highest BCUT2D eigenvalue weighted by Crippen LogP contribution is 2.11. The van der Waals surface area contributed by atoms with Gasteiger partial charge in [-0.05, 0) is 6.42 Å². The molecule has 0 aliphatic carbocycles. The van der Waals surface area contributed by atoms with Crippen LogP contribution in [0.25, 0.3) is 0 Å². The van der Waals surface area contributed by atoms with E-state index in [2.05, 4.69) is 6.92 Å². The molecule has 1 atom stereocenters. The van der Waals surface area contributed by atoms with Gasteiger partial charge in [-0.3, -0.25) is 14.1 Å². The van der Waals surface area contributed by atoms with Gasteiger partial charge in [0.2, 0.25) is 0 Å². The number of ether oxygens (including phenoxy) is 1. The van der Waals surface area contributed by atoms with Gasteiger partial charge >= 0.3 is 11.9 Å². The molecule has 0 saturated heterocycles. The number of esters is 1. The second-order valence-corrected chi connectivity index (χ2v) is 8.70. The number of aliphatic carboxylic acids is 1. The fourth-order valence-corrected chi connectivity index (χ4v) is 3.37. The predicted molar refractivity (Wildman–Crippen MR) is 117 cm³/mol. The van der Waals surface area contributed by atoms with Gasteiger partial charge in [0.25, 0.3) is 10.1 Å². The number of rotatable bonds is 15. The number of hydrogen-bond acceptors (Lipinski definition) is 5. The molecule has 172 valence electrons. The lowest BCUT2D eigenvalue weighted by Gasteiger charge is -2.11. The summed E-state index contributed by atoms with van der Waals surface area (Å²) in [6.45, 7) is 2.22. The normalized spacial score (nSPS) is 11.8. The molecule has 0 aromatic heterocycles. The third-order valence-electron chi connectivity index (χ3n) is 4.39. The Morgan fingerprint density at radius 1 is 0.800 bits per heavy atom. The molecule has 0 aliphatic rings. The minimum absolute atomic E-state index is 0.0287. The topological polar surface area (TPSA) is 118 Å². The van der Waals surface area contributed by atoms with Crippen molar-refractivity contribution in [1.82, 2.24) is 0 Å². The number of hydrogen-bond donors (Lipinski definition) is 2. The van der Waals surface area contributed by atoms with E-state index in [9.17, 15) is 18.0 Å². The van der Waals surface area contributed by atoms with Gasteiger partial charge in [0.15, 0.2) is 5.25 Å². The molecule has 1 aromatic rings. The Balaban J connectivity index is 0.00000118. The molecule has 0 spiro atoms. The summed E-state index contributed by atoms with van der Waals surface area (Å²) >= 11 is 0. The monoisotopic (exact) mass is 444 g/mol. The minimum atomic E-state index is -4.78. The summed E-state index contributed by atoms with van der Waals surface area (Å²) in [5, 5.41) is 6.52. The van der Waals surface area contributed by atoms with E-state index in [4.69, 9.17) is 14.4 Å². The Bertz CT molecular complexity index is 633. The number of carboxylic acids is 1. The zero-order valence-electron chi connectivity index (χ0n) is 17.9. The van der Waals surface area contributed by atoms with Gasteiger partial charge < -0.3 is 9.84 Å². The third-order valence-corrected chi connectivity index (χ3v) is 5.47. The Morgan fingerprint density at radius 2 is 1.20 bits per heavy atom. The number of unbranched alkanes of at least 4 members (excludes halogenated alkanes) is 9. The predicted octanol–water partition coefficient (Wildman–Crippen LogP) is 4.87. The molecule has 0 saturated carbocycles. The van der Waals surface area contributed by atoms with Crippen LogP contribution < -0.4 is 0 Å². The van der Waals surface area contributed by atoms with Crippen LogP contribution in [0.4, 0.5) is 0 Å². The molecular weight excluding hydrogens is 408 g/mol. The van der Waals surface area contributed by atoms with E-state index >= 15 is 0 Å². The summed E-state index contributed by atoms with van der Waals surface area (Å²) in [6, 6.07) is 12.0. The summed E-state index contributed by atoms with van der Waals surface area (Å²) in [5.74, 6) is -2.70. The highest BCUT2D eigenvalue weighted by atomic mass is 32.2. The Kier molecular flexibility index (Phi) is 16.7. The van der Waals surface area contributed by atoms with E-state index in [1.807, 2.05) is 36.4 Å². The number of carbonyl (C=O) groups excluding carboxylic acids is 1. The highest BCUT2D eigenvalue weighted by Gasteiger charge is 2.34. The van der Waals surface area contributed by atoms with E-state index in [-0.39, 0.29) is 6.61 Å². The molecule has 0 radical (unpaired) electrons. The van der Waals surface area contributed by atoms with E-state index in [1.54, 1.807) is 0 Å². The molecule has 0 fully saturated rings. The van der Waals surface area contributed by atoms with Crippen molar-refractivity contribution in [2.45, 2.75) is 82.8 Å². The molecule has 0 aliphatic heterocycles. The van der Waals surface area contributed by atoms with Crippen LogP contribution >= 0.6 is 0 Å². The molecule has 1 unspecified atom stereocenters. The van der Waals surface area contributed by atoms with E-state index in [1.165, 1.54) is 38.5 Å². The van der Waals surface area contributed by atoms with Crippen LogP contribution in [0.5, 0.6) is 0 Å². The lowest BCUT2D eigenvalue weighted by molar-refractivity contribution is -0.147. The van der Waals surface area contributed by atoms with Gasteiger partial charge in [0.1, 0.15) is 0 Å². The van der Waals surface area contributed by atoms with Crippen LogP contribution in [0.1, 0.15) is 77.6 Å². The zero-order valence-corrected chi connectivity index (χ0v) is 18.7. The maximum atomic E-state index is 11.6. The van der Waals surface area contributed by atoms with Crippen LogP contribution in [-0.2, 0) is 24.4 Å². The van der Waals surface area contributed by atoms with Crippen molar-refractivity contribution in [3.63, 3.8) is 0 Å². The van der Waals surface area contributed by atoms with Gasteiger partial charge in [0.05, 0.1) is 13.0 Å². The summed E-state index contributed by atoms with van der Waals surface area (Å²) in [5.41, 5.74) is 0. The molecule has 7 nitrogen and oxygen atoms in total. The van der Waals surface area contributed by atoms with E-state index in [0.29, 0.717) is 6.42 Å². The van der Waals surface area contributed by atoms with Gasteiger partial charge in [-0.2, -0.15) is 8.42 Å². The smallest absolute Gasteiger partial charge is 0.327 e. The molecule has 0 bridgehead atoms. The van der Waals surface area contributed by atoms with E-state index < -0.39 is 33.7 Å². The van der Waals surface area contributed by atoms with Crippen LogP contribution in [-0.4, -0.2) is 41.9 Å². The average Bonchev–Trinajstić information content (AvgIpc) is 2.71. The largest absolute Gasteiger partial charge is 0.481 e. The van der Waals surface area contributed by atoms with Crippen LogP contribution in [0, 0.1) is 0 Å². The molecule has 1 aromatic carbocycles. The fourth-order valence-electron chi connectivity index (χ4n) is 2.71. The van der Waals surface area contributed by atoms with Crippen molar-refractivity contribution in [3.8, 4) is 0 Å². The summed E-state index contributed by atoms with van der Waals surface area (Å²) < 4.78 is 35.6. The number of benzene rings is 1. The minimum Gasteiger partial charge on any atom is -0.481 e. The lowest BCUT2D eigenvalue weighted by atomic mass is 10.1. The molecule has 30 heavy (non-hydrogen) atoms. The fraction of sp³-hybridized carbons (Fsp3) is 0.636. The quantitative estimate of drug-likeness (QED) is 0.225. The first-order chi connectivity index (χ1) is 14.3. The first-order valence-electron chi connectivity index (χ1n) is 10.6. The number of carboxylic acid groups (broad SMARTS) is 1. The van der Waals surface area contributed by atoms with Crippen LogP contribution in [0.15, 0.2) is 36.4 Å².